The molecule has 0 bridgehead atoms. The molecule has 1 aromatic rings. The number of carboxylic acid groups (broad SMARTS) is 1. The Kier molecular flexibility index (Phi) is 5.31. The van der Waals surface area contributed by atoms with Crippen LogP contribution in [0.3, 0.4) is 0 Å². The highest BCUT2D eigenvalue weighted by atomic mass is 16.4. The van der Waals surface area contributed by atoms with Crippen molar-refractivity contribution in [3.63, 3.8) is 0 Å². The van der Waals surface area contributed by atoms with Crippen molar-refractivity contribution in [1.29, 1.82) is 0 Å². The van der Waals surface area contributed by atoms with Crippen LogP contribution >= 0.6 is 0 Å². The van der Waals surface area contributed by atoms with Gasteiger partial charge >= 0.3 is 12.0 Å². The molecule has 2 amide bonds. The first kappa shape index (κ1) is 15.0. The normalized spacial score (nSPS) is 15.3. The van der Waals surface area contributed by atoms with Crippen molar-refractivity contribution in [1.82, 2.24) is 20.4 Å². The number of aliphatic hydroxyl groups excluding tert-OH is 1. The number of carbonyl (C=O) groups is 2. The molecule has 106 valence electrons. The number of carboxylic acids is 1. The molecule has 1 heterocycles. The summed E-state index contributed by atoms with van der Waals surface area (Å²) >= 11 is 0. The Morgan fingerprint density at radius 1 is 1.37 bits per heavy atom. The van der Waals surface area contributed by atoms with Crippen LogP contribution in [0.5, 0.6) is 0 Å². The monoisotopic (exact) mass is 270 g/mol. The van der Waals surface area contributed by atoms with Gasteiger partial charge in [-0.15, -0.1) is 0 Å². The summed E-state index contributed by atoms with van der Waals surface area (Å²) < 4.78 is 1.65. The standard InChI is InChI=1S/C11H18N4O4/c1-7(6-15-5-3-4-12-15)13-11(19)14-9(8(2)16)10(17)18/h3-5,7-9,16H,6H2,1-2H3,(H,17,18)(H2,13,14,19). The van der Waals surface area contributed by atoms with Crippen LogP contribution in [-0.2, 0) is 11.3 Å². The summed E-state index contributed by atoms with van der Waals surface area (Å²) in [6.07, 6.45) is 2.21. The van der Waals surface area contributed by atoms with E-state index >= 15 is 0 Å². The van der Waals surface area contributed by atoms with Gasteiger partial charge in [-0.05, 0) is 19.9 Å². The molecule has 0 aliphatic rings. The average Bonchev–Trinajstić information content (AvgIpc) is 2.77. The van der Waals surface area contributed by atoms with Gasteiger partial charge in [0.25, 0.3) is 0 Å². The van der Waals surface area contributed by atoms with Crippen LogP contribution in [0.2, 0.25) is 0 Å². The van der Waals surface area contributed by atoms with Gasteiger partial charge in [0.15, 0.2) is 6.04 Å². The van der Waals surface area contributed by atoms with Crippen LogP contribution in [0.1, 0.15) is 13.8 Å². The summed E-state index contributed by atoms with van der Waals surface area (Å²) in [5, 5.41) is 26.8. The lowest BCUT2D eigenvalue weighted by atomic mass is 10.2. The minimum Gasteiger partial charge on any atom is -0.480 e. The lowest BCUT2D eigenvalue weighted by Gasteiger charge is -2.20. The lowest BCUT2D eigenvalue weighted by Crippen LogP contribution is -2.53. The van der Waals surface area contributed by atoms with Crippen molar-refractivity contribution in [2.24, 2.45) is 0 Å². The summed E-state index contributed by atoms with van der Waals surface area (Å²) in [7, 11) is 0. The minimum atomic E-state index is -1.34. The van der Waals surface area contributed by atoms with E-state index in [1.807, 2.05) is 0 Å². The molecule has 19 heavy (non-hydrogen) atoms. The van der Waals surface area contributed by atoms with Gasteiger partial charge in [0.1, 0.15) is 0 Å². The van der Waals surface area contributed by atoms with Crippen LogP contribution in [0.15, 0.2) is 18.5 Å². The predicted molar refractivity (Wildman–Crippen MR) is 66.5 cm³/mol. The Hall–Kier alpha value is -2.09. The lowest BCUT2D eigenvalue weighted by molar-refractivity contribution is -0.141. The maximum atomic E-state index is 11.6. The van der Waals surface area contributed by atoms with Crippen molar-refractivity contribution in [3.05, 3.63) is 18.5 Å². The Morgan fingerprint density at radius 3 is 2.53 bits per heavy atom. The van der Waals surface area contributed by atoms with Gasteiger partial charge in [-0.2, -0.15) is 5.10 Å². The Balaban J connectivity index is 2.43. The maximum Gasteiger partial charge on any atom is 0.328 e. The fraction of sp³-hybridized carbons (Fsp3) is 0.545. The van der Waals surface area contributed by atoms with Crippen molar-refractivity contribution in [2.45, 2.75) is 38.6 Å². The molecule has 0 aliphatic heterocycles. The Bertz CT molecular complexity index is 418. The number of nitrogens with one attached hydrogen (secondary N) is 2. The zero-order valence-corrected chi connectivity index (χ0v) is 10.8. The third kappa shape index (κ3) is 4.96. The van der Waals surface area contributed by atoms with E-state index < -0.39 is 24.1 Å². The van der Waals surface area contributed by atoms with Gasteiger partial charge in [0.2, 0.25) is 0 Å². The second-order valence-electron chi connectivity index (χ2n) is 4.30. The largest absolute Gasteiger partial charge is 0.480 e. The molecule has 0 fully saturated rings. The van der Waals surface area contributed by atoms with Crippen LogP contribution in [0.4, 0.5) is 4.79 Å². The fourth-order valence-electron chi connectivity index (χ4n) is 1.53. The van der Waals surface area contributed by atoms with Gasteiger partial charge in [-0.25, -0.2) is 9.59 Å². The van der Waals surface area contributed by atoms with E-state index in [1.165, 1.54) is 6.92 Å². The number of aromatic nitrogens is 2. The Morgan fingerprint density at radius 2 is 2.05 bits per heavy atom. The fourth-order valence-corrected chi connectivity index (χ4v) is 1.53. The number of amides is 2. The maximum absolute atomic E-state index is 11.6. The molecular weight excluding hydrogens is 252 g/mol. The third-order valence-electron chi connectivity index (χ3n) is 2.43. The van der Waals surface area contributed by atoms with Gasteiger partial charge in [0, 0.05) is 18.4 Å². The summed E-state index contributed by atoms with van der Waals surface area (Å²) in [4.78, 5) is 22.4. The number of nitrogens with zero attached hydrogens (tertiary/aromatic N) is 2. The van der Waals surface area contributed by atoms with Crippen molar-refractivity contribution < 1.29 is 19.8 Å². The zero-order valence-electron chi connectivity index (χ0n) is 10.8. The first-order valence-electron chi connectivity index (χ1n) is 5.85. The van der Waals surface area contributed by atoms with Gasteiger partial charge in [0.05, 0.1) is 12.6 Å². The smallest absolute Gasteiger partial charge is 0.328 e. The van der Waals surface area contributed by atoms with E-state index in [0.29, 0.717) is 6.54 Å². The summed E-state index contributed by atoms with van der Waals surface area (Å²) in [5.41, 5.74) is 0. The number of hydrogen-bond acceptors (Lipinski definition) is 4. The topological polar surface area (TPSA) is 116 Å². The molecule has 0 saturated carbocycles. The number of rotatable bonds is 6. The van der Waals surface area contributed by atoms with Crippen molar-refractivity contribution in [2.75, 3.05) is 0 Å². The molecule has 3 unspecified atom stereocenters. The second-order valence-corrected chi connectivity index (χ2v) is 4.30. The van der Waals surface area contributed by atoms with Crippen LogP contribution in [0, 0.1) is 0 Å². The molecule has 0 radical (unpaired) electrons. The number of hydrogen-bond donors (Lipinski definition) is 4. The van der Waals surface area contributed by atoms with E-state index in [1.54, 1.807) is 30.1 Å². The molecule has 0 spiro atoms. The Labute approximate surface area is 110 Å². The van der Waals surface area contributed by atoms with E-state index in [2.05, 4.69) is 15.7 Å². The first-order chi connectivity index (χ1) is 8.90. The molecular formula is C11H18N4O4. The van der Waals surface area contributed by atoms with E-state index in [-0.39, 0.29) is 6.04 Å². The number of aliphatic hydroxyl groups is 1. The van der Waals surface area contributed by atoms with Crippen LogP contribution < -0.4 is 10.6 Å². The van der Waals surface area contributed by atoms with Gasteiger partial charge < -0.3 is 20.8 Å². The second kappa shape index (κ2) is 6.74. The predicted octanol–water partition coefficient (Wildman–Crippen LogP) is -0.595. The highest BCUT2D eigenvalue weighted by Gasteiger charge is 2.25. The quantitative estimate of drug-likeness (QED) is 0.551. The van der Waals surface area contributed by atoms with Crippen molar-refractivity contribution >= 4 is 12.0 Å². The van der Waals surface area contributed by atoms with Gasteiger partial charge in [-0.3, -0.25) is 4.68 Å². The van der Waals surface area contributed by atoms with Gasteiger partial charge in [-0.1, -0.05) is 0 Å². The highest BCUT2D eigenvalue weighted by Crippen LogP contribution is 1.94. The van der Waals surface area contributed by atoms with E-state index in [0.717, 1.165) is 0 Å². The summed E-state index contributed by atoms with van der Waals surface area (Å²) in [6.45, 7) is 3.53. The van der Waals surface area contributed by atoms with Crippen molar-refractivity contribution in [3.8, 4) is 0 Å². The molecule has 0 saturated heterocycles. The minimum absolute atomic E-state index is 0.233. The molecule has 8 heteroatoms. The molecule has 0 aliphatic carbocycles. The summed E-state index contributed by atoms with van der Waals surface area (Å²) in [5.74, 6) is -1.29. The van der Waals surface area contributed by atoms with E-state index in [4.69, 9.17) is 5.11 Å². The number of carbonyl (C=O) groups excluding carboxylic acids is 1. The molecule has 3 atom stereocenters. The molecule has 1 aromatic heterocycles. The number of aliphatic carboxylic acids is 1. The highest BCUT2D eigenvalue weighted by molar-refractivity contribution is 5.83. The first-order valence-corrected chi connectivity index (χ1v) is 5.85. The average molecular weight is 270 g/mol. The molecule has 8 nitrogen and oxygen atoms in total. The zero-order chi connectivity index (χ0) is 14.4. The summed E-state index contributed by atoms with van der Waals surface area (Å²) in [6, 6.07) is -0.450. The van der Waals surface area contributed by atoms with Crippen LogP contribution in [-0.4, -0.2) is 50.2 Å². The number of urea groups is 1. The van der Waals surface area contributed by atoms with E-state index in [9.17, 15) is 14.7 Å². The third-order valence-corrected chi connectivity index (χ3v) is 2.43. The van der Waals surface area contributed by atoms with Crippen LogP contribution in [0.25, 0.3) is 0 Å². The molecule has 1 rings (SSSR count). The molecule has 4 N–H and O–H groups in total. The molecule has 0 aromatic carbocycles. The SMILES string of the molecule is CC(Cn1cccn1)NC(=O)NC(C(=O)O)C(C)O.